The third-order valence-electron chi connectivity index (χ3n) is 4.44. The van der Waals surface area contributed by atoms with E-state index >= 15 is 0 Å². The van der Waals surface area contributed by atoms with Crippen LogP contribution in [0, 0.1) is 0 Å². The molecule has 4 rings (SSSR count). The maximum absolute atomic E-state index is 12.6. The zero-order valence-electron chi connectivity index (χ0n) is 13.1. The third-order valence-corrected chi connectivity index (χ3v) is 4.98. The number of carbonyl (C=O) groups excluding carboxylic acids is 2. The minimum atomic E-state index is -0.295. The number of rotatable bonds is 2. The molecular formula is C15H17N5O3S. The molecule has 0 radical (unpaired) electrons. The van der Waals surface area contributed by atoms with E-state index in [9.17, 15) is 9.59 Å². The molecule has 2 fully saturated rings. The average Bonchev–Trinajstić information content (AvgIpc) is 3.31. The van der Waals surface area contributed by atoms with Crippen LogP contribution >= 0.6 is 11.7 Å². The van der Waals surface area contributed by atoms with E-state index in [0.29, 0.717) is 49.5 Å². The highest BCUT2D eigenvalue weighted by Crippen LogP contribution is 2.17. The predicted octanol–water partition coefficient (Wildman–Crippen LogP) is 0.550. The molecule has 126 valence electrons. The van der Waals surface area contributed by atoms with Gasteiger partial charge in [0.15, 0.2) is 5.65 Å². The minimum Gasteiger partial charge on any atom is -0.368 e. The Labute approximate surface area is 142 Å². The van der Waals surface area contributed by atoms with Crippen molar-refractivity contribution in [3.05, 3.63) is 17.8 Å². The Balaban J connectivity index is 1.39. The van der Waals surface area contributed by atoms with E-state index in [-0.39, 0.29) is 17.9 Å². The van der Waals surface area contributed by atoms with Crippen molar-refractivity contribution in [3.8, 4) is 0 Å². The summed E-state index contributed by atoms with van der Waals surface area (Å²) in [7, 11) is 0. The molecule has 9 heteroatoms. The molecular weight excluding hydrogens is 330 g/mol. The minimum absolute atomic E-state index is 0.0521. The number of ether oxygens (including phenoxy) is 1. The number of carbonyl (C=O) groups is 2. The highest BCUT2D eigenvalue weighted by Gasteiger charge is 2.31. The van der Waals surface area contributed by atoms with Crippen LogP contribution in [0.5, 0.6) is 0 Å². The maximum atomic E-state index is 12.6. The van der Waals surface area contributed by atoms with E-state index in [1.165, 1.54) is 6.20 Å². The summed E-state index contributed by atoms with van der Waals surface area (Å²) in [5.41, 5.74) is 1.70. The second-order valence-electron chi connectivity index (χ2n) is 5.95. The summed E-state index contributed by atoms with van der Waals surface area (Å²) in [6.07, 6.45) is 2.98. The Hall–Kier alpha value is -2.13. The second-order valence-corrected chi connectivity index (χ2v) is 6.48. The van der Waals surface area contributed by atoms with Gasteiger partial charge >= 0.3 is 0 Å². The van der Waals surface area contributed by atoms with E-state index in [0.717, 1.165) is 24.6 Å². The van der Waals surface area contributed by atoms with Crippen LogP contribution < -0.4 is 0 Å². The molecule has 2 aromatic rings. The molecule has 24 heavy (non-hydrogen) atoms. The van der Waals surface area contributed by atoms with Crippen LogP contribution in [0.3, 0.4) is 0 Å². The molecule has 0 aliphatic carbocycles. The van der Waals surface area contributed by atoms with Crippen molar-refractivity contribution in [3.63, 3.8) is 0 Å². The molecule has 0 saturated carbocycles. The first-order valence-corrected chi connectivity index (χ1v) is 8.73. The van der Waals surface area contributed by atoms with Gasteiger partial charge in [-0.15, -0.1) is 0 Å². The Kier molecular flexibility index (Phi) is 4.11. The van der Waals surface area contributed by atoms with Gasteiger partial charge in [0, 0.05) is 39.0 Å². The fourth-order valence-corrected chi connectivity index (χ4v) is 3.57. The normalized spacial score (nSPS) is 21.4. The molecule has 1 unspecified atom stereocenters. The number of pyridine rings is 1. The van der Waals surface area contributed by atoms with Gasteiger partial charge in [0.1, 0.15) is 11.6 Å². The molecule has 1 atom stereocenters. The Bertz CT molecular complexity index is 765. The SMILES string of the molecule is O=C(c1cnc2nsnc2c1)N1CCN(C(=O)C2CCCO2)CC1. The topological polar surface area (TPSA) is 88.5 Å². The van der Waals surface area contributed by atoms with Crippen molar-refractivity contribution in [2.45, 2.75) is 18.9 Å². The summed E-state index contributed by atoms with van der Waals surface area (Å²) in [6.45, 7) is 2.78. The largest absolute Gasteiger partial charge is 0.368 e. The molecule has 4 heterocycles. The monoisotopic (exact) mass is 347 g/mol. The average molecular weight is 347 g/mol. The summed E-state index contributed by atoms with van der Waals surface area (Å²) >= 11 is 1.08. The standard InChI is InChI=1S/C15H17N5O3S/c21-14(10-8-11-13(16-9-10)18-24-17-11)19-3-5-20(6-4-19)15(22)12-2-1-7-23-12/h8-9,12H,1-7H2. The van der Waals surface area contributed by atoms with Gasteiger partial charge in [-0.25, -0.2) is 4.98 Å². The van der Waals surface area contributed by atoms with Gasteiger partial charge in [0.2, 0.25) is 0 Å². The van der Waals surface area contributed by atoms with Gasteiger partial charge in [-0.3, -0.25) is 9.59 Å². The lowest BCUT2D eigenvalue weighted by Gasteiger charge is -2.35. The number of amides is 2. The molecule has 0 spiro atoms. The predicted molar refractivity (Wildman–Crippen MR) is 86.7 cm³/mol. The molecule has 0 aromatic carbocycles. The van der Waals surface area contributed by atoms with Gasteiger partial charge in [-0.2, -0.15) is 8.75 Å². The van der Waals surface area contributed by atoms with E-state index in [4.69, 9.17) is 4.74 Å². The van der Waals surface area contributed by atoms with Crippen molar-refractivity contribution in [1.82, 2.24) is 23.5 Å². The van der Waals surface area contributed by atoms with Crippen LogP contribution in [0.1, 0.15) is 23.2 Å². The Morgan fingerprint density at radius 2 is 1.96 bits per heavy atom. The van der Waals surface area contributed by atoms with Crippen LogP contribution in [0.4, 0.5) is 0 Å². The molecule has 2 aliphatic heterocycles. The Morgan fingerprint density at radius 1 is 1.17 bits per heavy atom. The van der Waals surface area contributed by atoms with Crippen LogP contribution in [0.2, 0.25) is 0 Å². The fourth-order valence-electron chi connectivity index (χ4n) is 3.09. The molecule has 8 nitrogen and oxygen atoms in total. The first-order chi connectivity index (χ1) is 11.7. The lowest BCUT2D eigenvalue weighted by Crippen LogP contribution is -2.52. The van der Waals surface area contributed by atoms with Crippen LogP contribution in [0.25, 0.3) is 11.2 Å². The van der Waals surface area contributed by atoms with Crippen LogP contribution in [-0.4, -0.2) is 74.2 Å². The van der Waals surface area contributed by atoms with Gasteiger partial charge in [0.25, 0.3) is 11.8 Å². The number of nitrogens with zero attached hydrogens (tertiary/aromatic N) is 5. The highest BCUT2D eigenvalue weighted by molar-refractivity contribution is 7.00. The van der Waals surface area contributed by atoms with E-state index in [2.05, 4.69) is 13.7 Å². The van der Waals surface area contributed by atoms with Crippen molar-refractivity contribution in [1.29, 1.82) is 0 Å². The highest BCUT2D eigenvalue weighted by atomic mass is 32.1. The van der Waals surface area contributed by atoms with Crippen LogP contribution in [0.15, 0.2) is 12.3 Å². The smallest absolute Gasteiger partial charge is 0.255 e. The number of hydrogen-bond acceptors (Lipinski definition) is 7. The lowest BCUT2D eigenvalue weighted by molar-refractivity contribution is -0.142. The van der Waals surface area contributed by atoms with Crippen molar-refractivity contribution in [2.75, 3.05) is 32.8 Å². The van der Waals surface area contributed by atoms with Gasteiger partial charge < -0.3 is 14.5 Å². The van der Waals surface area contributed by atoms with E-state index in [1.807, 2.05) is 0 Å². The van der Waals surface area contributed by atoms with Gasteiger partial charge in [0.05, 0.1) is 17.3 Å². The molecule has 0 bridgehead atoms. The molecule has 0 N–H and O–H groups in total. The molecule has 2 saturated heterocycles. The second kappa shape index (κ2) is 6.40. The summed E-state index contributed by atoms with van der Waals surface area (Å²) in [4.78, 5) is 32.7. The van der Waals surface area contributed by atoms with Crippen molar-refractivity contribution < 1.29 is 14.3 Å². The Morgan fingerprint density at radius 3 is 2.71 bits per heavy atom. The number of fused-ring (bicyclic) bond motifs is 1. The van der Waals surface area contributed by atoms with Gasteiger partial charge in [-0.1, -0.05) is 0 Å². The van der Waals surface area contributed by atoms with Gasteiger partial charge in [-0.05, 0) is 18.9 Å². The van der Waals surface area contributed by atoms with E-state index in [1.54, 1.807) is 15.9 Å². The lowest BCUT2D eigenvalue weighted by atomic mass is 10.2. The summed E-state index contributed by atoms with van der Waals surface area (Å²) in [6, 6.07) is 1.72. The van der Waals surface area contributed by atoms with Crippen LogP contribution in [-0.2, 0) is 9.53 Å². The molecule has 2 amide bonds. The van der Waals surface area contributed by atoms with Crippen molar-refractivity contribution in [2.24, 2.45) is 0 Å². The summed E-state index contributed by atoms with van der Waals surface area (Å²) in [5, 5.41) is 0. The van der Waals surface area contributed by atoms with E-state index < -0.39 is 0 Å². The third kappa shape index (κ3) is 2.84. The quantitative estimate of drug-likeness (QED) is 0.788. The summed E-state index contributed by atoms with van der Waals surface area (Å²) < 4.78 is 13.6. The first kappa shape index (κ1) is 15.4. The zero-order chi connectivity index (χ0) is 16.5. The zero-order valence-corrected chi connectivity index (χ0v) is 13.9. The first-order valence-electron chi connectivity index (χ1n) is 8.00. The fraction of sp³-hybridized carbons (Fsp3) is 0.533. The van der Waals surface area contributed by atoms with Crippen molar-refractivity contribution >= 4 is 34.7 Å². The molecule has 2 aromatic heterocycles. The summed E-state index contributed by atoms with van der Waals surface area (Å²) in [5.74, 6) is -0.0298. The number of aromatic nitrogens is 3. The maximum Gasteiger partial charge on any atom is 0.255 e. The molecule has 2 aliphatic rings. The number of piperazine rings is 1. The number of hydrogen-bond donors (Lipinski definition) is 0.